The van der Waals surface area contributed by atoms with Crippen molar-refractivity contribution in [2.75, 3.05) is 31.7 Å². The van der Waals surface area contributed by atoms with Crippen LogP contribution in [0.2, 0.25) is 0 Å². The molecule has 2 rings (SSSR count). The van der Waals surface area contributed by atoms with Crippen LogP contribution in [0.1, 0.15) is 19.8 Å². The molecule has 0 bridgehead atoms. The third-order valence-electron chi connectivity index (χ3n) is 3.99. The summed E-state index contributed by atoms with van der Waals surface area (Å²) in [6.07, 6.45) is 1.68. The van der Waals surface area contributed by atoms with Gasteiger partial charge in [-0.25, -0.2) is 0 Å². The highest BCUT2D eigenvalue weighted by molar-refractivity contribution is 5.78. The first-order chi connectivity index (χ1) is 9.68. The van der Waals surface area contributed by atoms with Gasteiger partial charge in [0.1, 0.15) is 0 Å². The van der Waals surface area contributed by atoms with E-state index in [1.165, 1.54) is 5.69 Å². The largest absolute Gasteiger partial charge is 0.381 e. The predicted octanol–water partition coefficient (Wildman–Crippen LogP) is 2.05. The van der Waals surface area contributed by atoms with E-state index in [1.807, 2.05) is 18.2 Å². The summed E-state index contributed by atoms with van der Waals surface area (Å²) < 4.78 is 5.28. The van der Waals surface area contributed by atoms with Gasteiger partial charge in [-0.15, -0.1) is 0 Å². The van der Waals surface area contributed by atoms with Crippen LogP contribution in [0.5, 0.6) is 0 Å². The number of ether oxygens (including phenoxy) is 1. The van der Waals surface area contributed by atoms with Crippen LogP contribution in [-0.4, -0.2) is 38.8 Å². The zero-order chi connectivity index (χ0) is 14.4. The Morgan fingerprint density at radius 1 is 1.35 bits per heavy atom. The zero-order valence-corrected chi connectivity index (χ0v) is 12.3. The molecule has 1 aliphatic rings. The lowest BCUT2D eigenvalue weighted by Crippen LogP contribution is -2.43. The second kappa shape index (κ2) is 7.29. The second-order valence-corrected chi connectivity index (χ2v) is 5.43. The number of nitrogens with zero attached hydrogens (tertiary/aromatic N) is 1. The van der Waals surface area contributed by atoms with E-state index in [0.717, 1.165) is 12.8 Å². The average Bonchev–Trinajstić information content (AvgIpc) is 2.53. The van der Waals surface area contributed by atoms with Gasteiger partial charge < -0.3 is 15.0 Å². The molecule has 0 aliphatic carbocycles. The molecule has 1 unspecified atom stereocenters. The molecule has 1 atom stereocenters. The van der Waals surface area contributed by atoms with E-state index in [1.54, 1.807) is 0 Å². The molecule has 1 aromatic carbocycles. The lowest BCUT2D eigenvalue weighted by atomic mass is 9.99. The second-order valence-electron chi connectivity index (χ2n) is 5.43. The van der Waals surface area contributed by atoms with Gasteiger partial charge in [0.2, 0.25) is 5.91 Å². The Bertz CT molecular complexity index is 416. The first kappa shape index (κ1) is 14.9. The molecule has 0 saturated carbocycles. The Hall–Kier alpha value is -1.55. The number of carbonyl (C=O) groups is 1. The van der Waals surface area contributed by atoms with Crippen LogP contribution in [0.25, 0.3) is 0 Å². The number of para-hydroxylation sites is 1. The van der Waals surface area contributed by atoms with Gasteiger partial charge in [0.15, 0.2) is 0 Å². The number of carbonyl (C=O) groups excluding carboxylic acids is 1. The van der Waals surface area contributed by atoms with Crippen molar-refractivity contribution >= 4 is 11.6 Å². The maximum absolute atomic E-state index is 12.1. The standard InChI is InChI=1S/C16H24N2O2/c1-13(18(2)15-6-4-3-5-7-15)12-17-16(19)14-8-10-20-11-9-14/h3-7,13-14H,8-12H2,1-2H3,(H,17,19). The van der Waals surface area contributed by atoms with Crippen LogP contribution in [0.3, 0.4) is 0 Å². The molecule has 1 N–H and O–H groups in total. The van der Waals surface area contributed by atoms with Gasteiger partial charge in [-0.2, -0.15) is 0 Å². The van der Waals surface area contributed by atoms with Crippen molar-refractivity contribution in [1.29, 1.82) is 0 Å². The zero-order valence-electron chi connectivity index (χ0n) is 12.3. The van der Waals surface area contributed by atoms with Crippen molar-refractivity contribution in [3.8, 4) is 0 Å². The minimum Gasteiger partial charge on any atom is -0.381 e. The topological polar surface area (TPSA) is 41.6 Å². The number of amides is 1. The van der Waals surface area contributed by atoms with Crippen molar-refractivity contribution in [2.45, 2.75) is 25.8 Å². The van der Waals surface area contributed by atoms with Crippen LogP contribution < -0.4 is 10.2 Å². The fourth-order valence-corrected chi connectivity index (χ4v) is 2.41. The molecule has 0 radical (unpaired) electrons. The van der Waals surface area contributed by atoms with Gasteiger partial charge in [-0.3, -0.25) is 4.79 Å². The van der Waals surface area contributed by atoms with Crippen molar-refractivity contribution in [3.05, 3.63) is 30.3 Å². The fraction of sp³-hybridized carbons (Fsp3) is 0.562. The van der Waals surface area contributed by atoms with E-state index in [0.29, 0.717) is 19.8 Å². The Balaban J connectivity index is 1.79. The van der Waals surface area contributed by atoms with E-state index in [-0.39, 0.29) is 17.9 Å². The van der Waals surface area contributed by atoms with E-state index in [9.17, 15) is 4.79 Å². The quantitative estimate of drug-likeness (QED) is 0.895. The molecule has 1 amide bonds. The maximum Gasteiger partial charge on any atom is 0.223 e. The summed E-state index contributed by atoms with van der Waals surface area (Å²) in [6, 6.07) is 10.5. The molecule has 110 valence electrons. The van der Waals surface area contributed by atoms with E-state index in [2.05, 4.69) is 36.3 Å². The van der Waals surface area contributed by atoms with Gasteiger partial charge in [-0.1, -0.05) is 18.2 Å². The summed E-state index contributed by atoms with van der Waals surface area (Å²) >= 11 is 0. The molecule has 20 heavy (non-hydrogen) atoms. The summed E-state index contributed by atoms with van der Waals surface area (Å²) in [5.41, 5.74) is 1.17. The molecule has 1 aromatic rings. The van der Waals surface area contributed by atoms with Crippen molar-refractivity contribution in [3.63, 3.8) is 0 Å². The third kappa shape index (κ3) is 3.97. The van der Waals surface area contributed by atoms with Crippen LogP contribution in [0.4, 0.5) is 5.69 Å². The molecule has 4 nitrogen and oxygen atoms in total. The molecular formula is C16H24N2O2. The molecule has 0 aromatic heterocycles. The van der Waals surface area contributed by atoms with Gasteiger partial charge in [0.05, 0.1) is 0 Å². The monoisotopic (exact) mass is 276 g/mol. The summed E-state index contributed by atoms with van der Waals surface area (Å²) in [6.45, 7) is 4.20. The maximum atomic E-state index is 12.1. The Kier molecular flexibility index (Phi) is 5.41. The third-order valence-corrected chi connectivity index (χ3v) is 3.99. The number of hydrogen-bond acceptors (Lipinski definition) is 3. The number of hydrogen-bond donors (Lipinski definition) is 1. The van der Waals surface area contributed by atoms with E-state index in [4.69, 9.17) is 4.74 Å². The predicted molar refractivity (Wildman–Crippen MR) is 80.9 cm³/mol. The van der Waals surface area contributed by atoms with Crippen LogP contribution in [-0.2, 0) is 9.53 Å². The van der Waals surface area contributed by atoms with Crippen molar-refractivity contribution in [1.82, 2.24) is 5.32 Å². The van der Waals surface area contributed by atoms with Crippen molar-refractivity contribution in [2.24, 2.45) is 5.92 Å². The van der Waals surface area contributed by atoms with Gasteiger partial charge in [-0.05, 0) is 31.9 Å². The summed E-state index contributed by atoms with van der Waals surface area (Å²) in [4.78, 5) is 14.3. The molecule has 4 heteroatoms. The highest BCUT2D eigenvalue weighted by atomic mass is 16.5. The fourth-order valence-electron chi connectivity index (χ4n) is 2.41. The van der Waals surface area contributed by atoms with E-state index >= 15 is 0 Å². The molecule has 1 saturated heterocycles. The number of anilines is 1. The first-order valence-corrected chi connectivity index (χ1v) is 7.32. The lowest BCUT2D eigenvalue weighted by Gasteiger charge is -2.28. The number of likely N-dealkylation sites (N-methyl/N-ethyl adjacent to an activating group) is 1. The summed E-state index contributed by atoms with van der Waals surface area (Å²) in [7, 11) is 2.06. The van der Waals surface area contributed by atoms with Crippen LogP contribution >= 0.6 is 0 Å². The van der Waals surface area contributed by atoms with Crippen LogP contribution in [0, 0.1) is 5.92 Å². The highest BCUT2D eigenvalue weighted by Gasteiger charge is 2.22. The lowest BCUT2D eigenvalue weighted by molar-refractivity contribution is -0.127. The minimum atomic E-state index is 0.123. The molecular weight excluding hydrogens is 252 g/mol. The SMILES string of the molecule is CC(CNC(=O)C1CCOCC1)N(C)c1ccccc1. The smallest absolute Gasteiger partial charge is 0.223 e. The molecule has 1 heterocycles. The number of rotatable bonds is 5. The first-order valence-electron chi connectivity index (χ1n) is 7.32. The summed E-state index contributed by atoms with van der Waals surface area (Å²) in [5, 5.41) is 3.07. The molecule has 0 spiro atoms. The number of nitrogens with one attached hydrogen (secondary N) is 1. The summed E-state index contributed by atoms with van der Waals surface area (Å²) in [5.74, 6) is 0.291. The number of benzene rings is 1. The minimum absolute atomic E-state index is 0.123. The Labute approximate surface area is 121 Å². The van der Waals surface area contributed by atoms with Crippen molar-refractivity contribution < 1.29 is 9.53 Å². The van der Waals surface area contributed by atoms with Gasteiger partial charge >= 0.3 is 0 Å². The van der Waals surface area contributed by atoms with Crippen LogP contribution in [0.15, 0.2) is 30.3 Å². The normalized spacial score (nSPS) is 17.5. The Morgan fingerprint density at radius 3 is 2.65 bits per heavy atom. The van der Waals surface area contributed by atoms with Gasteiger partial charge in [0, 0.05) is 44.5 Å². The van der Waals surface area contributed by atoms with E-state index < -0.39 is 0 Å². The Morgan fingerprint density at radius 2 is 2.00 bits per heavy atom. The average molecular weight is 276 g/mol. The van der Waals surface area contributed by atoms with Gasteiger partial charge in [0.25, 0.3) is 0 Å². The molecule has 1 fully saturated rings. The highest BCUT2D eigenvalue weighted by Crippen LogP contribution is 2.16. The molecule has 1 aliphatic heterocycles.